The lowest BCUT2D eigenvalue weighted by Gasteiger charge is -2.28. The predicted molar refractivity (Wildman–Crippen MR) is 134 cm³/mol. The summed E-state index contributed by atoms with van der Waals surface area (Å²) in [6.45, 7) is 3.64. The van der Waals surface area contributed by atoms with Crippen LogP contribution in [0.3, 0.4) is 0 Å². The molecule has 0 spiro atoms. The summed E-state index contributed by atoms with van der Waals surface area (Å²) in [4.78, 5) is 24.7. The molecular formula is C26H24N4O3S. The smallest absolute Gasteiger partial charge is 0.259 e. The van der Waals surface area contributed by atoms with Gasteiger partial charge in [0.05, 0.1) is 41.6 Å². The Morgan fingerprint density at radius 1 is 1.21 bits per heavy atom. The minimum absolute atomic E-state index is 0.248. The van der Waals surface area contributed by atoms with Crippen molar-refractivity contribution in [2.75, 3.05) is 30.5 Å². The van der Waals surface area contributed by atoms with Crippen LogP contribution in [0.15, 0.2) is 54.7 Å². The number of aromatic nitrogens is 2. The molecule has 172 valence electrons. The van der Waals surface area contributed by atoms with E-state index in [1.807, 2.05) is 43.3 Å². The molecule has 2 atom stereocenters. The number of para-hydroxylation sites is 1. The molecular weight excluding hydrogens is 448 g/mol. The van der Waals surface area contributed by atoms with Crippen LogP contribution in [0, 0.1) is 6.92 Å². The van der Waals surface area contributed by atoms with Gasteiger partial charge in [0.15, 0.2) is 5.13 Å². The monoisotopic (exact) mass is 472 g/mol. The number of aryl methyl sites for hydroxylation is 1. The Labute approximate surface area is 201 Å². The fourth-order valence-corrected chi connectivity index (χ4v) is 5.75. The number of ether oxygens (including phenoxy) is 2. The minimum Gasteiger partial charge on any atom is -0.496 e. The first kappa shape index (κ1) is 21.1. The van der Waals surface area contributed by atoms with Crippen molar-refractivity contribution < 1.29 is 14.3 Å². The van der Waals surface area contributed by atoms with Crippen molar-refractivity contribution in [3.63, 3.8) is 0 Å². The number of pyridine rings is 1. The maximum atomic E-state index is 13.3. The van der Waals surface area contributed by atoms with Crippen molar-refractivity contribution in [3.8, 4) is 16.9 Å². The fraction of sp³-hybridized carbons (Fsp3) is 0.269. The first-order chi connectivity index (χ1) is 16.6. The number of morpholine rings is 1. The summed E-state index contributed by atoms with van der Waals surface area (Å²) in [5.74, 6) is 0.456. The number of carbonyl (C=O) groups is 1. The summed E-state index contributed by atoms with van der Waals surface area (Å²) in [7, 11) is 1.63. The molecule has 0 saturated carbocycles. The Balaban J connectivity index is 1.29. The zero-order valence-electron chi connectivity index (χ0n) is 18.9. The van der Waals surface area contributed by atoms with Gasteiger partial charge in [-0.1, -0.05) is 29.5 Å². The molecule has 0 aliphatic carbocycles. The topological polar surface area (TPSA) is 76.6 Å². The highest BCUT2D eigenvalue weighted by molar-refractivity contribution is 7.22. The van der Waals surface area contributed by atoms with Gasteiger partial charge in [0.1, 0.15) is 5.75 Å². The van der Waals surface area contributed by atoms with Gasteiger partial charge in [-0.2, -0.15) is 0 Å². The second-order valence-electron chi connectivity index (χ2n) is 8.69. The molecule has 2 aromatic carbocycles. The number of carbonyl (C=O) groups excluding carboxylic acids is 1. The van der Waals surface area contributed by atoms with Gasteiger partial charge in [0.25, 0.3) is 5.91 Å². The molecule has 0 unspecified atom stereocenters. The molecule has 6 rings (SSSR count). The van der Waals surface area contributed by atoms with E-state index in [1.54, 1.807) is 13.3 Å². The summed E-state index contributed by atoms with van der Waals surface area (Å²) in [6, 6.07) is 16.3. The number of thiazole rings is 1. The number of hydrogen-bond donors (Lipinski definition) is 1. The van der Waals surface area contributed by atoms with Crippen molar-refractivity contribution in [3.05, 3.63) is 66.0 Å². The second-order valence-corrected chi connectivity index (χ2v) is 9.72. The third-order valence-electron chi connectivity index (χ3n) is 6.51. The Morgan fingerprint density at radius 3 is 2.88 bits per heavy atom. The van der Waals surface area contributed by atoms with Crippen LogP contribution in [0.5, 0.6) is 5.75 Å². The molecule has 2 aliphatic rings. The van der Waals surface area contributed by atoms with Gasteiger partial charge in [-0.15, -0.1) is 0 Å². The summed E-state index contributed by atoms with van der Waals surface area (Å²) >= 11 is 1.48. The Hall–Kier alpha value is -3.49. The third kappa shape index (κ3) is 3.69. The van der Waals surface area contributed by atoms with E-state index >= 15 is 0 Å². The van der Waals surface area contributed by atoms with Gasteiger partial charge >= 0.3 is 0 Å². The van der Waals surface area contributed by atoms with Crippen molar-refractivity contribution in [2.45, 2.75) is 25.5 Å². The molecule has 34 heavy (non-hydrogen) atoms. The zero-order chi connectivity index (χ0) is 23.2. The standard InChI is InChI=1S/C26H24N4O3S/c1-15-9-20(19-5-3-4-6-23(19)32-2)21(12-27-15)25(31)29-26-28-22-8-7-16(11-24(22)34-26)30-13-18-10-17(30)14-33-18/h3-9,11-12,17-18H,10,13-14H2,1-2H3,(H,28,29,31)/t17-,18-/m0/s1. The number of hydrogen-bond acceptors (Lipinski definition) is 7. The van der Waals surface area contributed by atoms with Crippen LogP contribution in [-0.4, -0.2) is 48.3 Å². The Kier molecular flexibility index (Phi) is 5.19. The minimum atomic E-state index is -0.248. The van der Waals surface area contributed by atoms with E-state index in [2.05, 4.69) is 32.3 Å². The van der Waals surface area contributed by atoms with Crippen LogP contribution in [-0.2, 0) is 4.74 Å². The maximum absolute atomic E-state index is 13.3. The molecule has 4 heterocycles. The molecule has 8 heteroatoms. The predicted octanol–water partition coefficient (Wildman–Crippen LogP) is 4.91. The Morgan fingerprint density at radius 2 is 2.09 bits per heavy atom. The van der Waals surface area contributed by atoms with Gasteiger partial charge in [0.2, 0.25) is 0 Å². The van der Waals surface area contributed by atoms with Crippen molar-refractivity contribution >= 4 is 38.3 Å². The van der Waals surface area contributed by atoms with Crippen molar-refractivity contribution in [1.29, 1.82) is 0 Å². The third-order valence-corrected chi connectivity index (χ3v) is 7.44. The van der Waals surface area contributed by atoms with Crippen LogP contribution < -0.4 is 15.0 Å². The number of nitrogens with one attached hydrogen (secondary N) is 1. The van der Waals surface area contributed by atoms with E-state index in [0.717, 1.165) is 46.6 Å². The lowest BCUT2D eigenvalue weighted by molar-refractivity contribution is 0.0991. The average Bonchev–Trinajstić information content (AvgIpc) is 3.59. The van der Waals surface area contributed by atoms with E-state index in [9.17, 15) is 4.79 Å². The summed E-state index contributed by atoms with van der Waals surface area (Å²) < 4.78 is 12.3. The van der Waals surface area contributed by atoms with E-state index in [0.29, 0.717) is 28.6 Å². The van der Waals surface area contributed by atoms with Gasteiger partial charge in [0, 0.05) is 35.2 Å². The molecule has 2 fully saturated rings. The number of anilines is 2. The van der Waals surface area contributed by atoms with Gasteiger partial charge in [-0.3, -0.25) is 15.1 Å². The van der Waals surface area contributed by atoms with E-state index in [-0.39, 0.29) is 5.91 Å². The van der Waals surface area contributed by atoms with E-state index in [4.69, 9.17) is 9.47 Å². The zero-order valence-corrected chi connectivity index (χ0v) is 19.8. The van der Waals surface area contributed by atoms with Crippen LogP contribution in [0.2, 0.25) is 0 Å². The van der Waals surface area contributed by atoms with Gasteiger partial charge in [-0.05, 0) is 43.7 Å². The number of nitrogens with zero attached hydrogens (tertiary/aromatic N) is 3. The highest BCUT2D eigenvalue weighted by Crippen LogP contribution is 2.37. The number of methoxy groups -OCH3 is 1. The van der Waals surface area contributed by atoms with Crippen LogP contribution in [0.25, 0.3) is 21.3 Å². The number of amides is 1. The summed E-state index contributed by atoms with van der Waals surface area (Å²) in [5.41, 5.74) is 4.98. The molecule has 4 aromatic rings. The first-order valence-electron chi connectivity index (χ1n) is 11.3. The fourth-order valence-electron chi connectivity index (χ4n) is 4.86. The second kappa shape index (κ2) is 8.38. The summed E-state index contributed by atoms with van der Waals surface area (Å²) in [5, 5.41) is 3.55. The average molecular weight is 473 g/mol. The van der Waals surface area contributed by atoms with Gasteiger partial charge < -0.3 is 14.4 Å². The molecule has 2 aliphatic heterocycles. The van der Waals surface area contributed by atoms with Crippen LogP contribution in [0.4, 0.5) is 10.8 Å². The summed E-state index contributed by atoms with van der Waals surface area (Å²) in [6.07, 6.45) is 3.06. The number of benzene rings is 2. The van der Waals surface area contributed by atoms with Gasteiger partial charge in [-0.25, -0.2) is 4.98 Å². The first-order valence-corrected chi connectivity index (χ1v) is 12.1. The van der Waals surface area contributed by atoms with Crippen LogP contribution >= 0.6 is 11.3 Å². The highest BCUT2D eigenvalue weighted by atomic mass is 32.1. The SMILES string of the molecule is COc1ccccc1-c1cc(C)ncc1C(=O)Nc1nc2ccc(N3C[C@@H]4C[C@H]3CO4)cc2s1. The van der Waals surface area contributed by atoms with Crippen molar-refractivity contribution in [2.24, 2.45) is 0 Å². The van der Waals surface area contributed by atoms with E-state index < -0.39 is 0 Å². The molecule has 1 N–H and O–H groups in total. The lowest BCUT2D eigenvalue weighted by Crippen LogP contribution is -2.36. The lowest BCUT2D eigenvalue weighted by atomic mass is 9.99. The molecule has 2 saturated heterocycles. The number of rotatable bonds is 5. The van der Waals surface area contributed by atoms with Crippen LogP contribution in [0.1, 0.15) is 22.5 Å². The normalized spacial score (nSPS) is 19.1. The molecule has 0 radical (unpaired) electrons. The quantitative estimate of drug-likeness (QED) is 0.445. The number of fused-ring (bicyclic) bond motifs is 3. The largest absolute Gasteiger partial charge is 0.496 e. The molecule has 1 amide bonds. The maximum Gasteiger partial charge on any atom is 0.259 e. The van der Waals surface area contributed by atoms with Crippen molar-refractivity contribution in [1.82, 2.24) is 9.97 Å². The Bertz CT molecular complexity index is 1400. The molecule has 7 nitrogen and oxygen atoms in total. The molecule has 2 bridgehead atoms. The highest BCUT2D eigenvalue weighted by Gasteiger charge is 2.39. The molecule has 2 aromatic heterocycles. The van der Waals surface area contributed by atoms with E-state index in [1.165, 1.54) is 17.0 Å².